The molecule has 3 nitrogen and oxygen atoms in total. The van der Waals surface area contributed by atoms with Gasteiger partial charge in [-0.2, -0.15) is 0 Å². The zero-order valence-corrected chi connectivity index (χ0v) is 11.8. The van der Waals surface area contributed by atoms with Crippen LogP contribution >= 0.6 is 0 Å². The molecule has 0 aliphatic carbocycles. The number of aliphatic hydroxyl groups is 1. The molecular formula is C16H22O3. The molecule has 0 aliphatic rings. The fraction of sp³-hybridized carbons (Fsp3) is 0.438. The smallest absolute Gasteiger partial charge is 0.309 e. The summed E-state index contributed by atoms with van der Waals surface area (Å²) < 4.78 is 5.08. The van der Waals surface area contributed by atoms with Crippen LogP contribution in [-0.4, -0.2) is 24.3 Å². The van der Waals surface area contributed by atoms with Crippen molar-refractivity contribution in [2.45, 2.75) is 26.7 Å². The maximum atomic E-state index is 11.9. The van der Waals surface area contributed by atoms with Crippen molar-refractivity contribution in [3.8, 4) is 0 Å². The summed E-state index contributed by atoms with van der Waals surface area (Å²) in [6.07, 6.45) is 3.54. The fourth-order valence-electron chi connectivity index (χ4n) is 2.07. The molecule has 1 aromatic carbocycles. The SMILES string of the molecule is CCOC(=O)C(C)[C@H](/C=C/CO)c1cccc(C)c1. The first-order valence-corrected chi connectivity index (χ1v) is 6.60. The van der Waals surface area contributed by atoms with Gasteiger partial charge in [0, 0.05) is 5.92 Å². The van der Waals surface area contributed by atoms with Gasteiger partial charge in [0.2, 0.25) is 0 Å². The van der Waals surface area contributed by atoms with E-state index < -0.39 is 0 Å². The van der Waals surface area contributed by atoms with Crippen molar-refractivity contribution in [3.63, 3.8) is 0 Å². The lowest BCUT2D eigenvalue weighted by molar-refractivity contribution is -0.147. The van der Waals surface area contributed by atoms with Gasteiger partial charge in [0.15, 0.2) is 0 Å². The summed E-state index contributed by atoms with van der Waals surface area (Å²) in [5, 5.41) is 8.94. The van der Waals surface area contributed by atoms with Gasteiger partial charge in [-0.1, -0.05) is 48.9 Å². The summed E-state index contributed by atoms with van der Waals surface area (Å²) in [6, 6.07) is 8.05. The van der Waals surface area contributed by atoms with Crippen LogP contribution in [0.3, 0.4) is 0 Å². The topological polar surface area (TPSA) is 46.5 Å². The van der Waals surface area contributed by atoms with E-state index in [0.717, 1.165) is 11.1 Å². The maximum Gasteiger partial charge on any atom is 0.309 e. The van der Waals surface area contributed by atoms with E-state index in [1.807, 2.05) is 38.1 Å². The van der Waals surface area contributed by atoms with Gasteiger partial charge >= 0.3 is 5.97 Å². The summed E-state index contributed by atoms with van der Waals surface area (Å²) in [4.78, 5) is 11.9. The molecule has 0 amide bonds. The quantitative estimate of drug-likeness (QED) is 0.633. The van der Waals surface area contributed by atoms with Crippen molar-refractivity contribution in [2.75, 3.05) is 13.2 Å². The summed E-state index contributed by atoms with van der Waals surface area (Å²) in [5.41, 5.74) is 2.21. The number of aryl methyl sites for hydroxylation is 1. The van der Waals surface area contributed by atoms with E-state index in [0.29, 0.717) is 6.61 Å². The van der Waals surface area contributed by atoms with Crippen LogP contribution in [0.4, 0.5) is 0 Å². The lowest BCUT2D eigenvalue weighted by Crippen LogP contribution is -2.21. The molecule has 1 N–H and O–H groups in total. The minimum absolute atomic E-state index is 0.0299. The lowest BCUT2D eigenvalue weighted by atomic mass is 9.86. The molecule has 0 fully saturated rings. The first-order valence-electron chi connectivity index (χ1n) is 6.60. The van der Waals surface area contributed by atoms with Crippen LogP contribution in [-0.2, 0) is 9.53 Å². The monoisotopic (exact) mass is 262 g/mol. The Bertz CT molecular complexity index is 437. The van der Waals surface area contributed by atoms with Crippen molar-refractivity contribution in [1.82, 2.24) is 0 Å². The third-order valence-corrected chi connectivity index (χ3v) is 3.07. The summed E-state index contributed by atoms with van der Waals surface area (Å²) in [5.74, 6) is -0.563. The molecule has 0 radical (unpaired) electrons. The van der Waals surface area contributed by atoms with E-state index in [-0.39, 0.29) is 24.4 Å². The second-order valence-corrected chi connectivity index (χ2v) is 4.59. The van der Waals surface area contributed by atoms with E-state index in [1.165, 1.54) is 0 Å². The number of carbonyl (C=O) groups is 1. The van der Waals surface area contributed by atoms with E-state index >= 15 is 0 Å². The lowest BCUT2D eigenvalue weighted by Gasteiger charge is -2.20. The fourth-order valence-corrected chi connectivity index (χ4v) is 2.07. The molecule has 2 atom stereocenters. The number of ether oxygens (including phenoxy) is 1. The van der Waals surface area contributed by atoms with E-state index in [9.17, 15) is 4.79 Å². The summed E-state index contributed by atoms with van der Waals surface area (Å²) in [6.45, 7) is 6.03. The van der Waals surface area contributed by atoms with Gasteiger partial charge in [0.1, 0.15) is 0 Å². The zero-order valence-electron chi connectivity index (χ0n) is 11.8. The van der Waals surface area contributed by atoms with Crippen molar-refractivity contribution < 1.29 is 14.6 Å². The summed E-state index contributed by atoms with van der Waals surface area (Å²) >= 11 is 0. The van der Waals surface area contributed by atoms with Gasteiger partial charge in [-0.05, 0) is 19.4 Å². The highest BCUT2D eigenvalue weighted by Gasteiger charge is 2.24. The number of esters is 1. The molecule has 0 saturated heterocycles. The predicted molar refractivity (Wildman–Crippen MR) is 75.9 cm³/mol. The molecule has 1 unspecified atom stereocenters. The molecule has 19 heavy (non-hydrogen) atoms. The first-order chi connectivity index (χ1) is 9.10. The van der Waals surface area contributed by atoms with Crippen LogP contribution in [0.2, 0.25) is 0 Å². The molecule has 3 heteroatoms. The zero-order chi connectivity index (χ0) is 14.3. The van der Waals surface area contributed by atoms with E-state index in [1.54, 1.807) is 13.0 Å². The normalized spacial score (nSPS) is 14.3. The number of hydrogen-bond donors (Lipinski definition) is 1. The number of benzene rings is 1. The Labute approximate surface area is 114 Å². The Kier molecular flexibility index (Phi) is 6.30. The minimum atomic E-state index is -0.274. The first kappa shape index (κ1) is 15.4. The van der Waals surface area contributed by atoms with Crippen LogP contribution < -0.4 is 0 Å². The van der Waals surface area contributed by atoms with Crippen LogP contribution in [0, 0.1) is 12.8 Å². The number of aliphatic hydroxyl groups excluding tert-OH is 1. The van der Waals surface area contributed by atoms with Gasteiger partial charge in [-0.3, -0.25) is 4.79 Å². The highest BCUT2D eigenvalue weighted by molar-refractivity contribution is 5.73. The molecule has 1 rings (SSSR count). The molecule has 0 aliphatic heterocycles. The molecule has 0 saturated carbocycles. The average Bonchev–Trinajstić information content (AvgIpc) is 2.39. The van der Waals surface area contributed by atoms with Gasteiger partial charge in [-0.25, -0.2) is 0 Å². The Morgan fingerprint density at radius 3 is 2.79 bits per heavy atom. The van der Waals surface area contributed by atoms with Crippen LogP contribution in [0.25, 0.3) is 0 Å². The number of rotatable bonds is 6. The molecule has 0 spiro atoms. The largest absolute Gasteiger partial charge is 0.466 e. The molecule has 1 aromatic rings. The van der Waals surface area contributed by atoms with Crippen molar-refractivity contribution >= 4 is 5.97 Å². The Morgan fingerprint density at radius 1 is 1.47 bits per heavy atom. The van der Waals surface area contributed by atoms with Gasteiger partial charge in [0.05, 0.1) is 19.1 Å². The summed E-state index contributed by atoms with van der Waals surface area (Å²) in [7, 11) is 0. The van der Waals surface area contributed by atoms with E-state index in [2.05, 4.69) is 6.07 Å². The Balaban J connectivity index is 3.00. The second kappa shape index (κ2) is 7.74. The predicted octanol–water partition coefficient (Wildman–Crippen LogP) is 2.83. The molecule has 0 heterocycles. The van der Waals surface area contributed by atoms with Crippen LogP contribution in [0.5, 0.6) is 0 Å². The maximum absolute atomic E-state index is 11.9. The molecule has 104 valence electrons. The van der Waals surface area contributed by atoms with Crippen molar-refractivity contribution in [2.24, 2.45) is 5.92 Å². The Hall–Kier alpha value is -1.61. The van der Waals surface area contributed by atoms with Crippen molar-refractivity contribution in [1.29, 1.82) is 0 Å². The van der Waals surface area contributed by atoms with Crippen LogP contribution in [0.15, 0.2) is 36.4 Å². The third-order valence-electron chi connectivity index (χ3n) is 3.07. The molecule has 0 bridgehead atoms. The molecular weight excluding hydrogens is 240 g/mol. The second-order valence-electron chi connectivity index (χ2n) is 4.59. The minimum Gasteiger partial charge on any atom is -0.466 e. The Morgan fingerprint density at radius 2 is 2.21 bits per heavy atom. The number of hydrogen-bond acceptors (Lipinski definition) is 3. The van der Waals surface area contributed by atoms with Crippen LogP contribution in [0.1, 0.15) is 30.9 Å². The average molecular weight is 262 g/mol. The number of carbonyl (C=O) groups excluding carboxylic acids is 1. The highest BCUT2D eigenvalue weighted by Crippen LogP contribution is 2.27. The van der Waals surface area contributed by atoms with E-state index in [4.69, 9.17) is 9.84 Å². The van der Waals surface area contributed by atoms with Crippen molar-refractivity contribution in [3.05, 3.63) is 47.5 Å². The third kappa shape index (κ3) is 4.52. The molecule has 0 aromatic heterocycles. The van der Waals surface area contributed by atoms with Gasteiger partial charge < -0.3 is 9.84 Å². The standard InChI is InChI=1S/C16H22O3/c1-4-19-16(18)13(3)15(9-6-10-17)14-8-5-7-12(2)11-14/h5-9,11,13,15,17H,4,10H2,1-3H3/b9-6+/t13?,15-/m0/s1. The van der Waals surface area contributed by atoms with Gasteiger partial charge in [-0.15, -0.1) is 0 Å². The number of allylic oxidation sites excluding steroid dienone is 1. The highest BCUT2D eigenvalue weighted by atomic mass is 16.5. The van der Waals surface area contributed by atoms with Gasteiger partial charge in [0.25, 0.3) is 0 Å².